The van der Waals surface area contributed by atoms with Crippen LogP contribution in [0.1, 0.15) is 59.3 Å². The highest BCUT2D eigenvalue weighted by Crippen LogP contribution is 2.23. The summed E-state index contributed by atoms with van der Waals surface area (Å²) in [7, 11) is 1.96. The van der Waals surface area contributed by atoms with Crippen LogP contribution in [0.5, 0.6) is 0 Å². The molecule has 0 aliphatic rings. The lowest BCUT2D eigenvalue weighted by molar-refractivity contribution is -0.670. The molecule has 0 fully saturated rings. The minimum absolute atomic E-state index is 0.0329. The van der Waals surface area contributed by atoms with Gasteiger partial charge >= 0.3 is 12.1 Å². The normalized spacial score (nSPS) is 12.0. The highest BCUT2D eigenvalue weighted by Gasteiger charge is 2.24. The molecule has 8 nitrogen and oxygen atoms in total. The summed E-state index contributed by atoms with van der Waals surface area (Å²) >= 11 is 0. The Kier molecular flexibility index (Phi) is 9.25. The van der Waals surface area contributed by atoms with Gasteiger partial charge in [-0.2, -0.15) is 0 Å². The molecule has 42 heavy (non-hydrogen) atoms. The van der Waals surface area contributed by atoms with E-state index in [4.69, 9.17) is 9.47 Å². The van der Waals surface area contributed by atoms with Crippen molar-refractivity contribution in [3.63, 3.8) is 0 Å². The molecule has 218 valence electrons. The Morgan fingerprint density at radius 3 is 2.33 bits per heavy atom. The zero-order valence-electron chi connectivity index (χ0n) is 25.0. The molecule has 2 N–H and O–H groups in total. The Hall–Kier alpha value is -4.72. The van der Waals surface area contributed by atoms with E-state index in [0.29, 0.717) is 16.8 Å². The second-order valence-electron chi connectivity index (χ2n) is 11.5. The average Bonchev–Trinajstić information content (AvgIpc) is 2.91. The van der Waals surface area contributed by atoms with Crippen molar-refractivity contribution in [3.8, 4) is 0 Å². The number of hydrogen-bond donors (Lipinski definition) is 2. The van der Waals surface area contributed by atoms with Gasteiger partial charge in [0.25, 0.3) is 0 Å². The highest BCUT2D eigenvalue weighted by atomic mass is 16.6. The topological polar surface area (TPSA) is 97.6 Å². The van der Waals surface area contributed by atoms with E-state index in [1.54, 1.807) is 26.8 Å². The Labute approximate surface area is 246 Å². The van der Waals surface area contributed by atoms with Crippen molar-refractivity contribution in [1.29, 1.82) is 0 Å². The summed E-state index contributed by atoms with van der Waals surface area (Å²) in [5.74, 6) is -1.37. The molecule has 1 unspecified atom stereocenters. The number of ether oxygens (including phenoxy) is 2. The van der Waals surface area contributed by atoms with Gasteiger partial charge in [0, 0.05) is 23.7 Å². The van der Waals surface area contributed by atoms with Gasteiger partial charge in [-0.1, -0.05) is 42.0 Å². The number of aromatic nitrogens is 1. The summed E-state index contributed by atoms with van der Waals surface area (Å²) in [6, 6.07) is 20.5. The molecule has 0 bridgehead atoms. The average molecular weight is 569 g/mol. The molecule has 4 rings (SSSR count). The number of aryl methyl sites for hydroxylation is 3. The van der Waals surface area contributed by atoms with Crippen LogP contribution >= 0.6 is 0 Å². The number of carbonyl (C=O) groups excluding carboxylic acids is 3. The molecule has 8 heteroatoms. The predicted molar refractivity (Wildman–Crippen MR) is 162 cm³/mol. The fourth-order valence-electron chi connectivity index (χ4n) is 4.58. The molecule has 0 aliphatic carbocycles. The zero-order valence-corrected chi connectivity index (χ0v) is 25.0. The fourth-order valence-corrected chi connectivity index (χ4v) is 4.58. The van der Waals surface area contributed by atoms with E-state index in [9.17, 15) is 14.4 Å². The molecule has 1 aromatic heterocycles. The fraction of sp³-hybridized carbons (Fsp3) is 0.294. The number of nitrogens with zero attached hydrogens (tertiary/aromatic N) is 1. The van der Waals surface area contributed by atoms with Gasteiger partial charge in [-0.3, -0.25) is 4.79 Å². The second kappa shape index (κ2) is 12.9. The van der Waals surface area contributed by atoms with Gasteiger partial charge < -0.3 is 20.1 Å². The minimum atomic E-state index is -0.700. The van der Waals surface area contributed by atoms with Crippen LogP contribution in [0, 0.1) is 13.8 Å². The molecule has 1 heterocycles. The molecule has 2 amide bonds. The summed E-state index contributed by atoms with van der Waals surface area (Å²) in [5, 5.41) is 7.77. The van der Waals surface area contributed by atoms with Crippen LogP contribution in [0.2, 0.25) is 0 Å². The van der Waals surface area contributed by atoms with E-state index < -0.39 is 17.6 Å². The number of esters is 1. The standard InChI is InChI=1S/C34H37N3O5/c1-22-7-14-29(23(2)17-22)32(39)41-21-24-8-10-25(11-9-24)30(19-35-33(40)42-34(3,4)5)31(38)36-28-13-12-27-20-37(6)16-15-26(27)18-28/h7-18,20,30H,19,21H2,1-6H3,(H,35,40)/p+1. The summed E-state index contributed by atoms with van der Waals surface area (Å²) < 4.78 is 12.9. The molecule has 0 aliphatic heterocycles. The third-order valence-electron chi connectivity index (χ3n) is 6.71. The summed E-state index contributed by atoms with van der Waals surface area (Å²) in [6.07, 6.45) is 3.35. The van der Waals surface area contributed by atoms with Gasteiger partial charge in [0.2, 0.25) is 5.91 Å². The van der Waals surface area contributed by atoms with Crippen LogP contribution < -0.4 is 15.2 Å². The van der Waals surface area contributed by atoms with Crippen molar-refractivity contribution in [2.45, 2.75) is 52.7 Å². The number of nitrogens with one attached hydrogen (secondary N) is 2. The third kappa shape index (κ3) is 8.16. The molecular formula is C34H38N3O5+. The number of amides is 2. The third-order valence-corrected chi connectivity index (χ3v) is 6.71. The SMILES string of the molecule is Cc1ccc(C(=O)OCc2ccc(C(CNC(=O)OC(C)(C)C)C(=O)Nc3ccc4c[n+](C)ccc4c3)cc2)c(C)c1. The monoisotopic (exact) mass is 568 g/mol. The van der Waals surface area contributed by atoms with E-state index in [2.05, 4.69) is 10.6 Å². The number of carbonyl (C=O) groups is 3. The lowest BCUT2D eigenvalue weighted by Gasteiger charge is -2.22. The van der Waals surface area contributed by atoms with Crippen LogP contribution in [-0.2, 0) is 27.9 Å². The molecule has 0 saturated carbocycles. The Balaban J connectivity index is 1.48. The summed E-state index contributed by atoms with van der Waals surface area (Å²) in [4.78, 5) is 38.5. The van der Waals surface area contributed by atoms with Crippen molar-refractivity contribution in [2.75, 3.05) is 11.9 Å². The van der Waals surface area contributed by atoms with Gasteiger partial charge in [0.1, 0.15) is 19.3 Å². The lowest BCUT2D eigenvalue weighted by atomic mass is 9.96. The molecule has 0 radical (unpaired) electrons. The first-order valence-electron chi connectivity index (χ1n) is 13.9. The smallest absolute Gasteiger partial charge is 0.407 e. The van der Waals surface area contributed by atoms with Crippen LogP contribution in [0.25, 0.3) is 10.8 Å². The first-order chi connectivity index (χ1) is 19.9. The number of pyridine rings is 1. The Bertz CT molecular complexity index is 1610. The maximum atomic E-state index is 13.5. The van der Waals surface area contributed by atoms with E-state index in [1.165, 1.54) is 0 Å². The van der Waals surface area contributed by atoms with Gasteiger partial charge in [-0.05, 0) is 81.0 Å². The zero-order chi connectivity index (χ0) is 30.4. The number of hydrogen-bond acceptors (Lipinski definition) is 5. The van der Waals surface area contributed by atoms with Crippen molar-refractivity contribution >= 4 is 34.4 Å². The van der Waals surface area contributed by atoms with Crippen LogP contribution in [0.4, 0.5) is 10.5 Å². The molecule has 4 aromatic rings. The Morgan fingerprint density at radius 1 is 0.905 bits per heavy atom. The van der Waals surface area contributed by atoms with Gasteiger partial charge in [0.15, 0.2) is 12.4 Å². The van der Waals surface area contributed by atoms with E-state index in [1.807, 2.05) is 98.5 Å². The molecule has 0 spiro atoms. The molecule has 0 saturated heterocycles. The van der Waals surface area contributed by atoms with Crippen molar-refractivity contribution < 1.29 is 28.4 Å². The van der Waals surface area contributed by atoms with Crippen molar-refractivity contribution in [3.05, 3.63) is 107 Å². The Morgan fingerprint density at radius 2 is 1.64 bits per heavy atom. The van der Waals surface area contributed by atoms with E-state index in [0.717, 1.165) is 27.5 Å². The van der Waals surface area contributed by atoms with Gasteiger partial charge in [0.05, 0.1) is 11.5 Å². The van der Waals surface area contributed by atoms with Crippen LogP contribution in [-0.4, -0.2) is 30.1 Å². The van der Waals surface area contributed by atoms with Gasteiger partial charge in [-0.15, -0.1) is 0 Å². The second-order valence-corrected chi connectivity index (χ2v) is 11.5. The maximum absolute atomic E-state index is 13.5. The predicted octanol–water partition coefficient (Wildman–Crippen LogP) is 5.89. The van der Waals surface area contributed by atoms with Crippen LogP contribution in [0.3, 0.4) is 0 Å². The highest BCUT2D eigenvalue weighted by molar-refractivity contribution is 5.98. The first-order valence-corrected chi connectivity index (χ1v) is 13.9. The van der Waals surface area contributed by atoms with Gasteiger partial charge in [-0.25, -0.2) is 14.2 Å². The number of rotatable bonds is 8. The largest absolute Gasteiger partial charge is 0.457 e. The molecule has 1 atom stereocenters. The maximum Gasteiger partial charge on any atom is 0.407 e. The lowest BCUT2D eigenvalue weighted by Crippen LogP contribution is -2.37. The van der Waals surface area contributed by atoms with Crippen LogP contribution in [0.15, 0.2) is 79.1 Å². The minimum Gasteiger partial charge on any atom is -0.457 e. The van der Waals surface area contributed by atoms with E-state index in [-0.39, 0.29) is 25.0 Å². The number of alkyl carbamates (subject to hydrolysis) is 1. The van der Waals surface area contributed by atoms with Crippen molar-refractivity contribution in [2.24, 2.45) is 7.05 Å². The van der Waals surface area contributed by atoms with Crippen molar-refractivity contribution in [1.82, 2.24) is 5.32 Å². The number of benzene rings is 3. The van der Waals surface area contributed by atoms with E-state index >= 15 is 0 Å². The molecular weight excluding hydrogens is 530 g/mol. The quantitative estimate of drug-likeness (QED) is 0.204. The number of anilines is 1. The summed E-state index contributed by atoms with van der Waals surface area (Å²) in [5.41, 5.74) is 3.93. The summed E-state index contributed by atoms with van der Waals surface area (Å²) in [6.45, 7) is 9.32. The molecule has 3 aromatic carbocycles. The number of fused-ring (bicyclic) bond motifs is 1. The first kappa shape index (κ1) is 30.2.